The molecule has 0 aromatic carbocycles. The maximum absolute atomic E-state index is 12.4. The summed E-state index contributed by atoms with van der Waals surface area (Å²) in [6, 6.07) is -1.55. The largest absolute Gasteiger partial charge is 0.480 e. The van der Waals surface area contributed by atoms with Crippen molar-refractivity contribution in [2.24, 2.45) is 0 Å². The minimum Gasteiger partial charge on any atom is -0.480 e. The van der Waals surface area contributed by atoms with E-state index in [2.05, 4.69) is 79.9 Å². The Bertz CT molecular complexity index is 1380. The topological polar surface area (TPSA) is 169 Å². The number of phosphoric ester groups is 1. The Kier molecular flexibility index (Phi) is 48.5. The molecule has 4 N–H and O–H groups in total. The van der Waals surface area contributed by atoms with Gasteiger partial charge in [0, 0.05) is 12.8 Å². The first-order chi connectivity index (χ1) is 33.1. The number of aliphatic hydroxyl groups is 1. The van der Waals surface area contributed by atoms with Crippen LogP contribution in [0.5, 0.6) is 0 Å². The maximum Gasteiger partial charge on any atom is 0.472 e. The Labute approximate surface area is 415 Å². The van der Waals surface area contributed by atoms with Gasteiger partial charge in [-0.3, -0.25) is 18.6 Å². The molecule has 0 aliphatic rings. The lowest BCUT2D eigenvalue weighted by Crippen LogP contribution is -2.43. The molecule has 0 fully saturated rings. The molecular weight excluding hydrogens is 878 g/mol. The van der Waals surface area contributed by atoms with E-state index in [1.165, 1.54) is 135 Å². The summed E-state index contributed by atoms with van der Waals surface area (Å²) in [5.41, 5.74) is 0. The van der Waals surface area contributed by atoms with Crippen LogP contribution < -0.4 is 5.32 Å². The van der Waals surface area contributed by atoms with E-state index < -0.39 is 57.6 Å². The maximum atomic E-state index is 12.4. The van der Waals surface area contributed by atoms with Crippen molar-refractivity contribution in [3.05, 3.63) is 60.8 Å². The molecule has 11 nitrogen and oxygen atoms in total. The number of carbonyl (C=O) groups is 3. The number of carboxylic acid groups (broad SMARTS) is 1. The van der Waals surface area contributed by atoms with Crippen LogP contribution in [0.2, 0.25) is 0 Å². The number of amides is 1. The van der Waals surface area contributed by atoms with E-state index in [1.54, 1.807) is 0 Å². The number of rotatable bonds is 51. The molecule has 0 heterocycles. The van der Waals surface area contributed by atoms with E-state index >= 15 is 0 Å². The summed E-state index contributed by atoms with van der Waals surface area (Å²) in [6.07, 6.45) is 60.9. The van der Waals surface area contributed by atoms with Gasteiger partial charge in [0.2, 0.25) is 5.91 Å². The zero-order valence-electron chi connectivity index (χ0n) is 43.2. The molecular formula is C56H100NO10P. The molecule has 1 amide bonds. The van der Waals surface area contributed by atoms with Gasteiger partial charge in [-0.2, -0.15) is 0 Å². The molecule has 0 aliphatic heterocycles. The molecule has 0 aliphatic carbocycles. The molecule has 68 heavy (non-hydrogen) atoms. The van der Waals surface area contributed by atoms with Gasteiger partial charge in [0.1, 0.15) is 12.7 Å². The van der Waals surface area contributed by atoms with Gasteiger partial charge in [-0.25, -0.2) is 9.36 Å². The molecule has 0 aromatic heterocycles. The minimum absolute atomic E-state index is 0.143. The van der Waals surface area contributed by atoms with E-state index in [0.717, 1.165) is 70.6 Å². The first-order valence-electron chi connectivity index (χ1n) is 27.3. The first-order valence-corrected chi connectivity index (χ1v) is 28.8. The molecule has 3 unspecified atom stereocenters. The summed E-state index contributed by atoms with van der Waals surface area (Å²) in [7, 11) is -4.77. The van der Waals surface area contributed by atoms with Crippen LogP contribution in [0.15, 0.2) is 60.8 Å². The van der Waals surface area contributed by atoms with Crippen LogP contribution in [0.3, 0.4) is 0 Å². The molecule has 0 bridgehead atoms. The Morgan fingerprint density at radius 3 is 1.25 bits per heavy atom. The van der Waals surface area contributed by atoms with Gasteiger partial charge in [-0.15, -0.1) is 0 Å². The number of ether oxygens (including phenoxy) is 1. The van der Waals surface area contributed by atoms with Gasteiger partial charge in [-0.05, 0) is 83.5 Å². The van der Waals surface area contributed by atoms with Crippen LogP contribution >= 0.6 is 7.82 Å². The minimum atomic E-state index is -4.77. The second kappa shape index (κ2) is 50.6. The van der Waals surface area contributed by atoms with Gasteiger partial charge < -0.3 is 25.2 Å². The van der Waals surface area contributed by atoms with Crippen molar-refractivity contribution in [3.63, 3.8) is 0 Å². The lowest BCUT2D eigenvalue weighted by atomic mass is 10.0. The number of allylic oxidation sites excluding steroid dienone is 10. The van der Waals surface area contributed by atoms with Gasteiger partial charge >= 0.3 is 19.8 Å². The number of carbonyl (C=O) groups excluding carboxylic acids is 2. The average Bonchev–Trinajstić information content (AvgIpc) is 3.32. The Morgan fingerprint density at radius 1 is 0.471 bits per heavy atom. The number of aliphatic hydroxyl groups excluding tert-OH is 1. The molecule has 12 heteroatoms. The van der Waals surface area contributed by atoms with Crippen molar-refractivity contribution in [1.29, 1.82) is 0 Å². The number of phosphoric acid groups is 1. The third kappa shape index (κ3) is 49.6. The lowest BCUT2D eigenvalue weighted by molar-refractivity contribution is -0.147. The number of carboxylic acids is 1. The van der Waals surface area contributed by atoms with Crippen molar-refractivity contribution in [2.75, 3.05) is 19.8 Å². The molecule has 0 spiro atoms. The number of aliphatic carboxylic acids is 1. The number of hydrogen-bond donors (Lipinski definition) is 4. The van der Waals surface area contributed by atoms with Crippen LogP contribution in [-0.4, -0.2) is 64.9 Å². The Hall–Kier alpha value is -2.82. The molecule has 0 rings (SSSR count). The van der Waals surface area contributed by atoms with Gasteiger partial charge in [0.15, 0.2) is 6.04 Å². The molecule has 3 atom stereocenters. The second-order valence-electron chi connectivity index (χ2n) is 18.4. The van der Waals surface area contributed by atoms with E-state index in [9.17, 15) is 34.1 Å². The van der Waals surface area contributed by atoms with E-state index in [0.29, 0.717) is 12.8 Å². The van der Waals surface area contributed by atoms with Crippen LogP contribution in [0.1, 0.15) is 245 Å². The van der Waals surface area contributed by atoms with E-state index in [-0.39, 0.29) is 12.8 Å². The fraction of sp³-hybridized carbons (Fsp3) is 0.768. The Balaban J connectivity index is 3.83. The predicted molar refractivity (Wildman–Crippen MR) is 282 cm³/mol. The smallest absolute Gasteiger partial charge is 0.472 e. The summed E-state index contributed by atoms with van der Waals surface area (Å²) in [5, 5.41) is 22.0. The Morgan fingerprint density at radius 2 is 0.809 bits per heavy atom. The van der Waals surface area contributed by atoms with Crippen LogP contribution in [-0.2, 0) is 32.7 Å². The highest BCUT2D eigenvalue weighted by atomic mass is 31.2. The first kappa shape index (κ1) is 65.2. The third-order valence-electron chi connectivity index (χ3n) is 11.8. The van der Waals surface area contributed by atoms with Gasteiger partial charge in [0.05, 0.1) is 13.2 Å². The van der Waals surface area contributed by atoms with Crippen LogP contribution in [0.25, 0.3) is 0 Å². The normalized spacial score (nSPS) is 13.9. The average molecular weight is 978 g/mol. The quantitative estimate of drug-likeness (QED) is 0.0199. The van der Waals surface area contributed by atoms with E-state index in [4.69, 9.17) is 13.8 Å². The molecule has 0 saturated heterocycles. The molecule has 0 aromatic rings. The standard InChI is InChI=1S/C56H100NO10P/c1-3-5-7-9-11-13-15-17-19-21-23-25-26-28-30-32-34-36-38-40-42-44-46-48-55(60)65-49-52(58)50-66-68(63,64)67-51-53(56(61)62)57-54(59)47-45-43-41-39-37-35-33-31-29-27-24-22-20-18-16-14-12-10-8-6-4-2/h11,13,17-20,23,25,28,30,52-53,58H,3-10,12,14-16,21-22,24,26-27,29,31-51H2,1-2H3,(H,57,59)(H,61,62)(H,63,64)/b13-11-,19-17-,20-18+,25-23-,30-28-. The number of hydrogen-bond acceptors (Lipinski definition) is 8. The van der Waals surface area contributed by atoms with Crippen LogP contribution in [0.4, 0.5) is 0 Å². The van der Waals surface area contributed by atoms with Crippen molar-refractivity contribution in [2.45, 2.75) is 257 Å². The fourth-order valence-electron chi connectivity index (χ4n) is 7.53. The summed E-state index contributed by atoms with van der Waals surface area (Å²) in [5.74, 6) is -2.38. The zero-order valence-corrected chi connectivity index (χ0v) is 44.0. The SMILES string of the molecule is CCCCC/C=C\C/C=C\C/C=C\C/C=C\CCCCCCCCCC(=O)OCC(O)COP(=O)(O)OCC(NC(=O)CCCCCCCCCCCCC/C=C/CCCCCCCC)C(=O)O. The summed E-state index contributed by atoms with van der Waals surface area (Å²) in [4.78, 5) is 46.2. The summed E-state index contributed by atoms with van der Waals surface area (Å²) < 4.78 is 27.0. The van der Waals surface area contributed by atoms with Crippen molar-refractivity contribution in [1.82, 2.24) is 5.32 Å². The van der Waals surface area contributed by atoms with Crippen LogP contribution in [0, 0.1) is 0 Å². The number of esters is 1. The van der Waals surface area contributed by atoms with Crippen molar-refractivity contribution >= 4 is 25.7 Å². The van der Waals surface area contributed by atoms with Gasteiger partial charge in [-0.1, -0.05) is 209 Å². The third-order valence-corrected chi connectivity index (χ3v) is 12.7. The summed E-state index contributed by atoms with van der Waals surface area (Å²) in [6.45, 7) is 2.58. The highest BCUT2D eigenvalue weighted by Crippen LogP contribution is 2.43. The van der Waals surface area contributed by atoms with Gasteiger partial charge in [0.25, 0.3) is 0 Å². The zero-order chi connectivity index (χ0) is 49.9. The lowest BCUT2D eigenvalue weighted by Gasteiger charge is -2.18. The second-order valence-corrected chi connectivity index (χ2v) is 19.9. The molecule has 0 radical (unpaired) electrons. The number of nitrogens with one attached hydrogen (secondary N) is 1. The molecule has 394 valence electrons. The van der Waals surface area contributed by atoms with Crippen molar-refractivity contribution < 1.29 is 47.8 Å². The monoisotopic (exact) mass is 978 g/mol. The molecule has 0 saturated carbocycles. The predicted octanol–water partition coefficient (Wildman–Crippen LogP) is 15.5. The highest BCUT2D eigenvalue weighted by Gasteiger charge is 2.28. The highest BCUT2D eigenvalue weighted by molar-refractivity contribution is 7.47. The summed E-state index contributed by atoms with van der Waals surface area (Å²) >= 11 is 0. The van der Waals surface area contributed by atoms with Crippen molar-refractivity contribution in [3.8, 4) is 0 Å². The van der Waals surface area contributed by atoms with E-state index in [1.807, 2.05) is 0 Å². The number of unbranched alkanes of at least 4 members (excludes halogenated alkanes) is 27. The fourth-order valence-corrected chi connectivity index (χ4v) is 8.30.